The Balaban J connectivity index is 1.45. The minimum absolute atomic E-state index is 0.181. The van der Waals surface area contributed by atoms with Crippen LogP contribution in [0.4, 0.5) is 0 Å². The molecule has 1 aromatic rings. The zero-order valence-electron chi connectivity index (χ0n) is 18.3. The van der Waals surface area contributed by atoms with Gasteiger partial charge in [-0.3, -0.25) is 9.69 Å². The van der Waals surface area contributed by atoms with E-state index in [0.717, 1.165) is 57.5 Å². The van der Waals surface area contributed by atoms with Crippen molar-refractivity contribution in [1.29, 1.82) is 0 Å². The van der Waals surface area contributed by atoms with E-state index in [-0.39, 0.29) is 5.75 Å². The van der Waals surface area contributed by atoms with Gasteiger partial charge in [0.15, 0.2) is 11.5 Å². The molecule has 1 amide bonds. The number of likely N-dealkylation sites (tertiary alicyclic amines) is 2. The summed E-state index contributed by atoms with van der Waals surface area (Å²) < 4.78 is 5.23. The molecule has 6 nitrogen and oxygen atoms in total. The fourth-order valence-electron chi connectivity index (χ4n) is 4.70. The smallest absolute Gasteiger partial charge is 0.222 e. The van der Waals surface area contributed by atoms with E-state index in [4.69, 9.17) is 4.74 Å². The van der Waals surface area contributed by atoms with Crippen LogP contribution in [0.2, 0.25) is 0 Å². The Morgan fingerprint density at radius 3 is 2.72 bits per heavy atom. The third kappa shape index (κ3) is 6.09. The predicted molar refractivity (Wildman–Crippen MR) is 115 cm³/mol. The molecule has 3 rings (SSSR count). The Hall–Kier alpha value is -1.79. The lowest BCUT2D eigenvalue weighted by molar-refractivity contribution is -0.133. The van der Waals surface area contributed by atoms with Crippen LogP contribution in [0.25, 0.3) is 0 Å². The molecule has 0 spiro atoms. The Labute approximate surface area is 175 Å². The predicted octanol–water partition coefficient (Wildman–Crippen LogP) is 2.95. The van der Waals surface area contributed by atoms with Gasteiger partial charge in [-0.2, -0.15) is 0 Å². The molecule has 1 N–H and O–H groups in total. The molecule has 0 aliphatic carbocycles. The van der Waals surface area contributed by atoms with Crippen LogP contribution in [-0.2, 0) is 11.3 Å². The number of phenolic OH excluding ortho intramolecular Hbond substituents is 1. The number of aromatic hydroxyl groups is 1. The van der Waals surface area contributed by atoms with E-state index in [1.807, 2.05) is 24.1 Å². The maximum atomic E-state index is 12.7. The molecule has 2 aliphatic rings. The van der Waals surface area contributed by atoms with E-state index in [0.29, 0.717) is 30.0 Å². The SMILES string of the molecule is COc1cc(CN2CCCC(CCC(=O)N(C)C3CCN(C)CC3)C2)ccc1O. The van der Waals surface area contributed by atoms with Gasteiger partial charge in [0.05, 0.1) is 7.11 Å². The van der Waals surface area contributed by atoms with Crippen LogP contribution in [0, 0.1) is 5.92 Å². The van der Waals surface area contributed by atoms with Crippen LogP contribution >= 0.6 is 0 Å². The molecule has 2 heterocycles. The first-order chi connectivity index (χ1) is 14.0. The van der Waals surface area contributed by atoms with Crippen LogP contribution in [0.3, 0.4) is 0 Å². The summed E-state index contributed by atoms with van der Waals surface area (Å²) in [6.07, 6.45) is 6.21. The first-order valence-electron chi connectivity index (χ1n) is 11.0. The Morgan fingerprint density at radius 2 is 2.00 bits per heavy atom. The molecule has 6 heteroatoms. The number of phenols is 1. The van der Waals surface area contributed by atoms with Gasteiger partial charge in [0, 0.05) is 32.6 Å². The lowest BCUT2D eigenvalue weighted by atomic mass is 9.92. The largest absolute Gasteiger partial charge is 0.504 e. The van der Waals surface area contributed by atoms with Gasteiger partial charge >= 0.3 is 0 Å². The molecule has 1 aromatic carbocycles. The number of benzene rings is 1. The molecule has 2 saturated heterocycles. The number of ether oxygens (including phenoxy) is 1. The van der Waals surface area contributed by atoms with Crippen molar-refractivity contribution in [2.24, 2.45) is 5.92 Å². The molecule has 1 unspecified atom stereocenters. The van der Waals surface area contributed by atoms with E-state index in [1.54, 1.807) is 13.2 Å². The summed E-state index contributed by atoms with van der Waals surface area (Å²) in [5.41, 5.74) is 1.15. The monoisotopic (exact) mass is 403 g/mol. The number of methoxy groups -OCH3 is 1. The number of hydrogen-bond donors (Lipinski definition) is 1. The fourth-order valence-corrected chi connectivity index (χ4v) is 4.70. The number of carbonyl (C=O) groups excluding carboxylic acids is 1. The van der Waals surface area contributed by atoms with Crippen LogP contribution < -0.4 is 4.74 Å². The average molecular weight is 404 g/mol. The van der Waals surface area contributed by atoms with E-state index >= 15 is 0 Å². The molecule has 162 valence electrons. The first-order valence-corrected chi connectivity index (χ1v) is 11.0. The topological polar surface area (TPSA) is 56.2 Å². The second kappa shape index (κ2) is 10.3. The molecule has 2 fully saturated rings. The molecule has 0 radical (unpaired) electrons. The van der Waals surface area contributed by atoms with Crippen molar-refractivity contribution in [2.75, 3.05) is 47.4 Å². The van der Waals surface area contributed by atoms with Gasteiger partial charge in [0.25, 0.3) is 0 Å². The van der Waals surface area contributed by atoms with E-state index in [2.05, 4.69) is 16.8 Å². The standard InChI is InChI=1S/C23H37N3O3/c1-24-13-10-20(11-14-24)25(2)23(28)9-7-18-5-4-12-26(16-18)17-19-6-8-21(27)22(15-19)29-3/h6,8,15,18,20,27H,4-5,7,9-14,16-17H2,1-3H3. The summed E-state index contributed by atoms with van der Waals surface area (Å²) in [6, 6.07) is 5.99. The molecule has 0 aromatic heterocycles. The number of amides is 1. The van der Waals surface area contributed by atoms with Gasteiger partial charge < -0.3 is 19.6 Å². The maximum absolute atomic E-state index is 12.7. The van der Waals surface area contributed by atoms with Gasteiger partial charge in [-0.15, -0.1) is 0 Å². The molecule has 1 atom stereocenters. The number of carbonyl (C=O) groups is 1. The van der Waals surface area contributed by atoms with Crippen molar-refractivity contribution in [3.8, 4) is 11.5 Å². The third-order valence-corrected chi connectivity index (χ3v) is 6.65. The van der Waals surface area contributed by atoms with Gasteiger partial charge in [-0.05, 0) is 82.4 Å². The molecule has 0 saturated carbocycles. The summed E-state index contributed by atoms with van der Waals surface area (Å²) in [6.45, 7) is 5.15. The average Bonchev–Trinajstić information content (AvgIpc) is 2.73. The van der Waals surface area contributed by atoms with Gasteiger partial charge in [-0.25, -0.2) is 0 Å². The summed E-state index contributed by atoms with van der Waals surface area (Å²) in [5.74, 6) is 1.59. The minimum Gasteiger partial charge on any atom is -0.504 e. The van der Waals surface area contributed by atoms with Crippen LogP contribution in [0.5, 0.6) is 11.5 Å². The molecule has 29 heavy (non-hydrogen) atoms. The molecular formula is C23H37N3O3. The van der Waals surface area contributed by atoms with Crippen LogP contribution in [-0.4, -0.2) is 79.1 Å². The van der Waals surface area contributed by atoms with Crippen molar-refractivity contribution >= 4 is 5.91 Å². The summed E-state index contributed by atoms with van der Waals surface area (Å²) in [4.78, 5) is 19.5. The van der Waals surface area contributed by atoms with Crippen molar-refractivity contribution in [3.05, 3.63) is 23.8 Å². The first kappa shape index (κ1) is 21.9. The van der Waals surface area contributed by atoms with E-state index < -0.39 is 0 Å². The summed E-state index contributed by atoms with van der Waals surface area (Å²) in [7, 11) is 5.72. The van der Waals surface area contributed by atoms with E-state index in [9.17, 15) is 9.90 Å². The molecular weight excluding hydrogens is 366 g/mol. The van der Waals surface area contributed by atoms with Gasteiger partial charge in [-0.1, -0.05) is 6.07 Å². The second-order valence-electron chi connectivity index (χ2n) is 8.83. The highest BCUT2D eigenvalue weighted by molar-refractivity contribution is 5.76. The normalized spacial score (nSPS) is 21.8. The Morgan fingerprint density at radius 1 is 1.24 bits per heavy atom. The lowest BCUT2D eigenvalue weighted by Crippen LogP contribution is -2.44. The van der Waals surface area contributed by atoms with Gasteiger partial charge in [0.1, 0.15) is 0 Å². The van der Waals surface area contributed by atoms with Crippen molar-refractivity contribution in [1.82, 2.24) is 14.7 Å². The summed E-state index contributed by atoms with van der Waals surface area (Å²) >= 11 is 0. The number of hydrogen-bond acceptors (Lipinski definition) is 5. The zero-order valence-corrected chi connectivity index (χ0v) is 18.3. The minimum atomic E-state index is 0.181. The fraction of sp³-hybridized carbons (Fsp3) is 0.696. The highest BCUT2D eigenvalue weighted by Crippen LogP contribution is 2.28. The quantitative estimate of drug-likeness (QED) is 0.759. The maximum Gasteiger partial charge on any atom is 0.222 e. The van der Waals surface area contributed by atoms with Crippen molar-refractivity contribution in [3.63, 3.8) is 0 Å². The number of piperidine rings is 2. The van der Waals surface area contributed by atoms with Crippen LogP contribution in [0.15, 0.2) is 18.2 Å². The Kier molecular flexibility index (Phi) is 7.78. The highest BCUT2D eigenvalue weighted by Gasteiger charge is 2.26. The van der Waals surface area contributed by atoms with Gasteiger partial charge in [0.2, 0.25) is 5.91 Å². The Bertz CT molecular complexity index is 673. The van der Waals surface area contributed by atoms with Crippen molar-refractivity contribution < 1.29 is 14.6 Å². The van der Waals surface area contributed by atoms with Crippen LogP contribution in [0.1, 0.15) is 44.1 Å². The van der Waals surface area contributed by atoms with Crippen molar-refractivity contribution in [2.45, 2.75) is 51.1 Å². The number of nitrogens with zero attached hydrogens (tertiary/aromatic N) is 3. The van der Waals surface area contributed by atoms with E-state index in [1.165, 1.54) is 12.8 Å². The number of rotatable bonds is 7. The summed E-state index contributed by atoms with van der Waals surface area (Å²) in [5, 5.41) is 9.78. The molecule has 2 aliphatic heterocycles. The molecule has 0 bridgehead atoms. The highest BCUT2D eigenvalue weighted by atomic mass is 16.5. The third-order valence-electron chi connectivity index (χ3n) is 6.65. The second-order valence-corrected chi connectivity index (χ2v) is 8.83. The lowest BCUT2D eigenvalue weighted by Gasteiger charge is -2.36. The zero-order chi connectivity index (χ0) is 20.8.